The van der Waals surface area contributed by atoms with Crippen LogP contribution in [-0.2, 0) is 0 Å². The van der Waals surface area contributed by atoms with Gasteiger partial charge in [-0.1, -0.05) is 19.8 Å². The van der Waals surface area contributed by atoms with Gasteiger partial charge in [0, 0.05) is 24.0 Å². The van der Waals surface area contributed by atoms with Crippen molar-refractivity contribution in [2.75, 3.05) is 19.0 Å². The standard InChI is InChI=1S/C21H23N3O4S/c1-3-4-5-12-27-15-8-6-14(7-9-15)23-21(29)24-19(25)18-13-16-17(28-18)10-11-22-20(16)26-2/h6-11,13H,3-5,12H2,1-2H3,(H2,23,24,25,29). The molecule has 0 bridgehead atoms. The first-order valence-electron chi connectivity index (χ1n) is 9.38. The molecule has 0 spiro atoms. The molecule has 1 amide bonds. The molecule has 8 heteroatoms. The SMILES string of the molecule is CCCCCOc1ccc(NC(=S)NC(=O)c2cc3c(OC)nccc3o2)cc1. The lowest BCUT2D eigenvalue weighted by Gasteiger charge is -2.10. The van der Waals surface area contributed by atoms with Crippen LogP contribution >= 0.6 is 12.2 Å². The number of ether oxygens (including phenoxy) is 2. The number of amides is 1. The van der Waals surface area contributed by atoms with Crippen molar-refractivity contribution in [2.24, 2.45) is 0 Å². The van der Waals surface area contributed by atoms with Gasteiger partial charge in [0.25, 0.3) is 5.91 Å². The van der Waals surface area contributed by atoms with Gasteiger partial charge in [0.15, 0.2) is 10.9 Å². The number of fused-ring (bicyclic) bond motifs is 1. The summed E-state index contributed by atoms with van der Waals surface area (Å²) in [5.74, 6) is 0.845. The molecule has 0 aliphatic carbocycles. The second kappa shape index (κ2) is 9.88. The summed E-state index contributed by atoms with van der Waals surface area (Å²) in [4.78, 5) is 16.5. The van der Waals surface area contributed by atoms with Gasteiger partial charge in [-0.3, -0.25) is 10.1 Å². The molecule has 0 saturated heterocycles. The fraction of sp³-hybridized carbons (Fsp3) is 0.286. The molecule has 0 radical (unpaired) electrons. The van der Waals surface area contributed by atoms with Crippen molar-refractivity contribution in [3.8, 4) is 11.6 Å². The molecule has 0 aliphatic rings. The van der Waals surface area contributed by atoms with E-state index in [4.69, 9.17) is 26.1 Å². The van der Waals surface area contributed by atoms with Crippen molar-refractivity contribution in [1.82, 2.24) is 10.3 Å². The van der Waals surface area contributed by atoms with Gasteiger partial charge in [-0.2, -0.15) is 0 Å². The average molecular weight is 413 g/mol. The van der Waals surface area contributed by atoms with E-state index in [1.165, 1.54) is 7.11 Å². The number of nitrogens with one attached hydrogen (secondary N) is 2. The molecular weight excluding hydrogens is 390 g/mol. The molecule has 2 N–H and O–H groups in total. The van der Waals surface area contributed by atoms with Crippen molar-refractivity contribution in [3.05, 3.63) is 48.4 Å². The van der Waals surface area contributed by atoms with Gasteiger partial charge in [-0.25, -0.2) is 4.98 Å². The van der Waals surface area contributed by atoms with Crippen LogP contribution in [0.1, 0.15) is 36.7 Å². The van der Waals surface area contributed by atoms with Gasteiger partial charge in [0.2, 0.25) is 5.88 Å². The molecular formula is C21H23N3O4S. The lowest BCUT2D eigenvalue weighted by Crippen LogP contribution is -2.33. The molecule has 0 atom stereocenters. The monoisotopic (exact) mass is 413 g/mol. The number of pyridine rings is 1. The molecule has 2 aromatic heterocycles. The summed E-state index contributed by atoms with van der Waals surface area (Å²) in [5, 5.41) is 6.35. The van der Waals surface area contributed by atoms with Crippen LogP contribution in [0, 0.1) is 0 Å². The second-order valence-electron chi connectivity index (χ2n) is 6.33. The van der Waals surface area contributed by atoms with Crippen LogP contribution in [0.2, 0.25) is 0 Å². The van der Waals surface area contributed by atoms with E-state index in [1.54, 1.807) is 18.3 Å². The molecule has 29 heavy (non-hydrogen) atoms. The summed E-state index contributed by atoms with van der Waals surface area (Å²) in [7, 11) is 1.51. The number of methoxy groups -OCH3 is 1. The minimum absolute atomic E-state index is 0.117. The van der Waals surface area contributed by atoms with Gasteiger partial charge in [0.1, 0.15) is 11.3 Å². The predicted molar refractivity (Wildman–Crippen MR) is 116 cm³/mol. The highest BCUT2D eigenvalue weighted by Gasteiger charge is 2.16. The molecule has 3 aromatic rings. The van der Waals surface area contributed by atoms with Crippen LogP contribution in [0.5, 0.6) is 11.6 Å². The Morgan fingerprint density at radius 3 is 2.72 bits per heavy atom. The van der Waals surface area contributed by atoms with Gasteiger partial charge >= 0.3 is 0 Å². The number of nitrogens with zero attached hydrogens (tertiary/aromatic N) is 1. The number of aromatic nitrogens is 1. The number of carbonyl (C=O) groups is 1. The maximum atomic E-state index is 12.4. The van der Waals surface area contributed by atoms with E-state index in [9.17, 15) is 4.79 Å². The molecule has 0 unspecified atom stereocenters. The fourth-order valence-electron chi connectivity index (χ4n) is 2.72. The summed E-state index contributed by atoms with van der Waals surface area (Å²) < 4.78 is 16.4. The maximum absolute atomic E-state index is 12.4. The maximum Gasteiger partial charge on any atom is 0.293 e. The Morgan fingerprint density at radius 1 is 1.21 bits per heavy atom. The average Bonchev–Trinajstić information content (AvgIpc) is 3.17. The van der Waals surface area contributed by atoms with Gasteiger partial charge in [0.05, 0.1) is 19.1 Å². The molecule has 152 valence electrons. The van der Waals surface area contributed by atoms with Crippen molar-refractivity contribution < 1.29 is 18.7 Å². The van der Waals surface area contributed by atoms with E-state index in [0.29, 0.717) is 23.5 Å². The van der Waals surface area contributed by atoms with E-state index >= 15 is 0 Å². The van der Waals surface area contributed by atoms with Gasteiger partial charge in [-0.15, -0.1) is 0 Å². The first-order chi connectivity index (χ1) is 14.1. The number of thiocarbonyl (C=S) groups is 1. The zero-order valence-corrected chi connectivity index (χ0v) is 17.2. The Morgan fingerprint density at radius 2 is 2.00 bits per heavy atom. The lowest BCUT2D eigenvalue weighted by molar-refractivity contribution is 0.0953. The number of benzene rings is 1. The highest BCUT2D eigenvalue weighted by molar-refractivity contribution is 7.80. The molecule has 1 aromatic carbocycles. The van der Waals surface area contributed by atoms with Crippen LogP contribution in [-0.4, -0.2) is 29.7 Å². The minimum atomic E-state index is -0.461. The van der Waals surface area contributed by atoms with Crippen molar-refractivity contribution in [2.45, 2.75) is 26.2 Å². The highest BCUT2D eigenvalue weighted by Crippen LogP contribution is 2.26. The number of anilines is 1. The van der Waals surface area contributed by atoms with Crippen LogP contribution < -0.4 is 20.1 Å². The van der Waals surface area contributed by atoms with Gasteiger partial charge in [-0.05, 0) is 42.9 Å². The fourth-order valence-corrected chi connectivity index (χ4v) is 2.93. The Bertz CT molecular complexity index is 985. The van der Waals surface area contributed by atoms with E-state index in [0.717, 1.165) is 30.7 Å². The number of furan rings is 1. The third-order valence-electron chi connectivity index (χ3n) is 4.18. The first kappa shape index (κ1) is 20.6. The summed E-state index contributed by atoms with van der Waals surface area (Å²) >= 11 is 5.22. The molecule has 0 fully saturated rings. The third kappa shape index (κ3) is 5.45. The summed E-state index contributed by atoms with van der Waals surface area (Å²) in [5.41, 5.74) is 1.25. The Labute approximate surface area is 174 Å². The molecule has 7 nitrogen and oxygen atoms in total. The van der Waals surface area contributed by atoms with E-state index in [-0.39, 0.29) is 10.9 Å². The number of unbranched alkanes of at least 4 members (excludes halogenated alkanes) is 2. The predicted octanol–water partition coefficient (Wildman–Crippen LogP) is 4.53. The quantitative estimate of drug-likeness (QED) is 0.414. The number of carbonyl (C=O) groups excluding carboxylic acids is 1. The highest BCUT2D eigenvalue weighted by atomic mass is 32.1. The Balaban J connectivity index is 1.55. The van der Waals surface area contributed by atoms with Gasteiger partial charge < -0.3 is 19.2 Å². The van der Waals surface area contributed by atoms with Crippen LogP contribution in [0.15, 0.2) is 47.0 Å². The molecule has 0 aliphatic heterocycles. The minimum Gasteiger partial charge on any atom is -0.494 e. The van der Waals surface area contributed by atoms with Crippen molar-refractivity contribution in [1.29, 1.82) is 0 Å². The number of hydrogen-bond acceptors (Lipinski definition) is 6. The van der Waals surface area contributed by atoms with Crippen LogP contribution in [0.25, 0.3) is 11.0 Å². The van der Waals surface area contributed by atoms with E-state index in [1.807, 2.05) is 24.3 Å². The third-order valence-corrected chi connectivity index (χ3v) is 4.39. The summed E-state index contributed by atoms with van der Waals surface area (Å²) in [6.45, 7) is 2.86. The molecule has 0 saturated carbocycles. The number of rotatable bonds is 8. The van der Waals surface area contributed by atoms with Crippen molar-refractivity contribution >= 4 is 39.9 Å². The van der Waals surface area contributed by atoms with Crippen LogP contribution in [0.3, 0.4) is 0 Å². The topological polar surface area (TPSA) is 85.6 Å². The summed E-state index contributed by atoms with van der Waals surface area (Å²) in [6, 6.07) is 10.6. The van der Waals surface area contributed by atoms with Crippen molar-refractivity contribution in [3.63, 3.8) is 0 Å². The largest absolute Gasteiger partial charge is 0.494 e. The second-order valence-corrected chi connectivity index (χ2v) is 6.74. The normalized spacial score (nSPS) is 10.6. The smallest absolute Gasteiger partial charge is 0.293 e. The Kier molecular flexibility index (Phi) is 7.02. The van der Waals surface area contributed by atoms with Crippen LogP contribution in [0.4, 0.5) is 5.69 Å². The summed E-state index contributed by atoms with van der Waals surface area (Å²) in [6.07, 6.45) is 4.90. The Hall–Kier alpha value is -3.13. The van der Waals surface area contributed by atoms with E-state index in [2.05, 4.69) is 22.5 Å². The molecule has 2 heterocycles. The molecule has 3 rings (SSSR count). The lowest BCUT2D eigenvalue weighted by atomic mass is 10.2. The number of hydrogen-bond donors (Lipinski definition) is 2. The van der Waals surface area contributed by atoms with E-state index < -0.39 is 5.91 Å². The zero-order chi connectivity index (χ0) is 20.6. The zero-order valence-electron chi connectivity index (χ0n) is 16.4. The first-order valence-corrected chi connectivity index (χ1v) is 9.79.